The van der Waals surface area contributed by atoms with Crippen molar-refractivity contribution in [3.05, 3.63) is 33.3 Å². The van der Waals surface area contributed by atoms with Gasteiger partial charge in [0, 0.05) is 9.50 Å². The lowest BCUT2D eigenvalue weighted by molar-refractivity contribution is 0.0750. The van der Waals surface area contributed by atoms with E-state index in [1.54, 1.807) is 0 Å². The molecule has 1 N–H and O–H groups in total. The van der Waals surface area contributed by atoms with Crippen molar-refractivity contribution in [3.63, 3.8) is 0 Å². The van der Waals surface area contributed by atoms with Crippen molar-refractivity contribution in [2.24, 2.45) is 11.8 Å². The highest BCUT2D eigenvalue weighted by molar-refractivity contribution is 9.10. The molecule has 94 valence electrons. The highest BCUT2D eigenvalue weighted by Crippen LogP contribution is 2.39. The summed E-state index contributed by atoms with van der Waals surface area (Å²) in [5, 5.41) is 11.1. The molecular formula is C14H18BrClO. The summed E-state index contributed by atoms with van der Waals surface area (Å²) in [5.74, 6) is 1.18. The number of aliphatic hydroxyl groups is 1. The van der Waals surface area contributed by atoms with Crippen LogP contribution in [-0.2, 0) is 0 Å². The first-order valence-corrected chi connectivity index (χ1v) is 7.38. The maximum Gasteiger partial charge on any atom is 0.0829 e. The van der Waals surface area contributed by atoms with Crippen LogP contribution in [0.4, 0.5) is 0 Å². The summed E-state index contributed by atoms with van der Waals surface area (Å²) in [6, 6.07) is 5.62. The normalized spacial score (nSPS) is 26.8. The Balaban J connectivity index is 2.13. The Morgan fingerprint density at radius 3 is 2.59 bits per heavy atom. The van der Waals surface area contributed by atoms with Gasteiger partial charge in [-0.15, -0.1) is 0 Å². The molecule has 17 heavy (non-hydrogen) atoms. The van der Waals surface area contributed by atoms with E-state index in [2.05, 4.69) is 22.9 Å². The van der Waals surface area contributed by atoms with Crippen molar-refractivity contribution in [2.45, 2.75) is 38.7 Å². The predicted molar refractivity (Wildman–Crippen MR) is 75.2 cm³/mol. The van der Waals surface area contributed by atoms with Gasteiger partial charge in [-0.3, -0.25) is 0 Å². The van der Waals surface area contributed by atoms with E-state index in [1.807, 2.05) is 18.2 Å². The number of aliphatic hydroxyl groups excluding tert-OH is 1. The molecule has 1 saturated carbocycles. The molecule has 1 aromatic carbocycles. The second kappa shape index (κ2) is 5.73. The highest BCUT2D eigenvalue weighted by Gasteiger charge is 2.26. The Hall–Kier alpha value is -0.0500. The van der Waals surface area contributed by atoms with Crippen LogP contribution in [-0.4, -0.2) is 5.11 Å². The molecule has 0 saturated heterocycles. The van der Waals surface area contributed by atoms with E-state index in [-0.39, 0.29) is 0 Å². The minimum atomic E-state index is -0.393. The summed E-state index contributed by atoms with van der Waals surface area (Å²) in [6.07, 6.45) is 4.28. The lowest BCUT2D eigenvalue weighted by Crippen LogP contribution is -2.19. The number of hydrogen-bond acceptors (Lipinski definition) is 1. The van der Waals surface area contributed by atoms with Gasteiger partial charge < -0.3 is 5.11 Å². The first-order valence-electron chi connectivity index (χ1n) is 6.21. The number of hydrogen-bond donors (Lipinski definition) is 1. The average molecular weight is 318 g/mol. The van der Waals surface area contributed by atoms with Gasteiger partial charge in [0.1, 0.15) is 0 Å². The fourth-order valence-electron chi connectivity index (χ4n) is 2.60. The molecule has 0 radical (unpaired) electrons. The number of rotatable bonds is 2. The van der Waals surface area contributed by atoms with Crippen LogP contribution < -0.4 is 0 Å². The van der Waals surface area contributed by atoms with E-state index >= 15 is 0 Å². The Kier molecular flexibility index (Phi) is 4.51. The first-order chi connectivity index (χ1) is 8.08. The summed E-state index contributed by atoms with van der Waals surface area (Å²) >= 11 is 9.48. The molecule has 0 spiro atoms. The minimum Gasteiger partial charge on any atom is -0.388 e. The van der Waals surface area contributed by atoms with Crippen LogP contribution >= 0.6 is 27.5 Å². The van der Waals surface area contributed by atoms with Crippen LogP contribution in [0.25, 0.3) is 0 Å². The molecule has 0 aliphatic heterocycles. The Bertz CT molecular complexity index is 386. The van der Waals surface area contributed by atoms with Crippen LogP contribution in [0, 0.1) is 11.8 Å². The van der Waals surface area contributed by atoms with Gasteiger partial charge >= 0.3 is 0 Å². The fourth-order valence-corrected chi connectivity index (χ4v) is 3.26. The molecular weight excluding hydrogens is 300 g/mol. The number of halogens is 2. The van der Waals surface area contributed by atoms with E-state index in [1.165, 1.54) is 12.8 Å². The van der Waals surface area contributed by atoms with E-state index in [4.69, 9.17) is 11.6 Å². The first kappa shape index (κ1) is 13.4. The second-order valence-corrected chi connectivity index (χ2v) is 6.42. The van der Waals surface area contributed by atoms with Crippen molar-refractivity contribution < 1.29 is 5.11 Å². The second-order valence-electron chi connectivity index (χ2n) is 5.13. The smallest absolute Gasteiger partial charge is 0.0829 e. The quantitative estimate of drug-likeness (QED) is 0.817. The zero-order valence-electron chi connectivity index (χ0n) is 10.00. The molecule has 1 aliphatic rings. The fraction of sp³-hybridized carbons (Fsp3) is 0.571. The van der Waals surface area contributed by atoms with Crippen LogP contribution in [0.15, 0.2) is 22.7 Å². The van der Waals surface area contributed by atoms with Crippen LogP contribution in [0.2, 0.25) is 5.02 Å². The summed E-state index contributed by atoms with van der Waals surface area (Å²) in [4.78, 5) is 0. The monoisotopic (exact) mass is 316 g/mol. The molecule has 0 bridgehead atoms. The molecule has 0 amide bonds. The summed E-state index contributed by atoms with van der Waals surface area (Å²) in [5.41, 5.74) is 0.928. The van der Waals surface area contributed by atoms with E-state index < -0.39 is 6.10 Å². The zero-order chi connectivity index (χ0) is 12.4. The largest absolute Gasteiger partial charge is 0.388 e. The molecule has 1 aromatic rings. The average Bonchev–Trinajstić information content (AvgIpc) is 2.32. The van der Waals surface area contributed by atoms with Crippen LogP contribution in [0.5, 0.6) is 0 Å². The molecule has 1 fully saturated rings. The topological polar surface area (TPSA) is 20.2 Å². The summed E-state index contributed by atoms with van der Waals surface area (Å²) < 4.78 is 0.952. The highest BCUT2D eigenvalue weighted by atomic mass is 79.9. The SMILES string of the molecule is CC1CCC(C(O)c2cc(Cl)ccc2Br)CC1. The molecule has 3 heteroatoms. The van der Waals surface area contributed by atoms with Crippen molar-refractivity contribution in [3.8, 4) is 0 Å². The van der Waals surface area contributed by atoms with Crippen molar-refractivity contribution in [2.75, 3.05) is 0 Å². The van der Waals surface area contributed by atoms with Gasteiger partial charge in [0.05, 0.1) is 6.10 Å². The standard InChI is InChI=1S/C14H18BrClO/c1-9-2-4-10(5-3-9)14(17)12-8-11(16)6-7-13(12)15/h6-10,14,17H,2-5H2,1H3. The lowest BCUT2D eigenvalue weighted by atomic mass is 9.78. The Morgan fingerprint density at radius 1 is 1.29 bits per heavy atom. The Labute approximate surface area is 116 Å². The van der Waals surface area contributed by atoms with Gasteiger partial charge in [0.25, 0.3) is 0 Å². The molecule has 2 rings (SSSR count). The van der Waals surface area contributed by atoms with Gasteiger partial charge in [-0.1, -0.05) is 47.3 Å². The van der Waals surface area contributed by atoms with Crippen LogP contribution in [0.3, 0.4) is 0 Å². The molecule has 0 aromatic heterocycles. The summed E-state index contributed by atoms with van der Waals surface area (Å²) in [6.45, 7) is 2.29. The molecule has 1 unspecified atom stereocenters. The van der Waals surface area contributed by atoms with Gasteiger partial charge in [-0.05, 0) is 48.4 Å². The Morgan fingerprint density at radius 2 is 1.94 bits per heavy atom. The summed E-state index contributed by atoms with van der Waals surface area (Å²) in [7, 11) is 0. The van der Waals surface area contributed by atoms with Crippen molar-refractivity contribution in [1.29, 1.82) is 0 Å². The maximum atomic E-state index is 10.4. The molecule has 0 heterocycles. The van der Waals surface area contributed by atoms with Gasteiger partial charge in [0.2, 0.25) is 0 Å². The van der Waals surface area contributed by atoms with E-state index in [9.17, 15) is 5.11 Å². The third kappa shape index (κ3) is 3.24. The predicted octanol–water partition coefficient (Wildman–Crippen LogP) is 4.96. The molecule has 1 aliphatic carbocycles. The lowest BCUT2D eigenvalue weighted by Gasteiger charge is -2.30. The van der Waals surface area contributed by atoms with Gasteiger partial charge in [0.15, 0.2) is 0 Å². The van der Waals surface area contributed by atoms with Crippen molar-refractivity contribution >= 4 is 27.5 Å². The molecule has 1 atom stereocenters. The number of benzene rings is 1. The molecule has 1 nitrogen and oxygen atoms in total. The minimum absolute atomic E-state index is 0.376. The van der Waals surface area contributed by atoms with Crippen molar-refractivity contribution in [1.82, 2.24) is 0 Å². The van der Waals surface area contributed by atoms with Gasteiger partial charge in [-0.2, -0.15) is 0 Å². The zero-order valence-corrected chi connectivity index (χ0v) is 12.3. The third-order valence-corrected chi connectivity index (χ3v) is 4.74. The third-order valence-electron chi connectivity index (χ3n) is 3.78. The van der Waals surface area contributed by atoms with E-state index in [0.717, 1.165) is 28.8 Å². The van der Waals surface area contributed by atoms with Gasteiger partial charge in [-0.25, -0.2) is 0 Å². The van der Waals surface area contributed by atoms with Crippen LogP contribution in [0.1, 0.15) is 44.3 Å². The maximum absolute atomic E-state index is 10.4. The van der Waals surface area contributed by atoms with E-state index in [0.29, 0.717) is 10.9 Å².